The van der Waals surface area contributed by atoms with E-state index >= 15 is 0 Å². The molecule has 0 atom stereocenters. The van der Waals surface area contributed by atoms with Crippen LogP contribution in [0.3, 0.4) is 0 Å². The van der Waals surface area contributed by atoms with Gasteiger partial charge in [0.05, 0.1) is 24.1 Å². The van der Waals surface area contributed by atoms with Crippen LogP contribution in [0.25, 0.3) is 6.08 Å². The summed E-state index contributed by atoms with van der Waals surface area (Å²) in [5.74, 6) is 0.486. The van der Waals surface area contributed by atoms with Gasteiger partial charge in [-0.25, -0.2) is 0 Å². The summed E-state index contributed by atoms with van der Waals surface area (Å²) in [6, 6.07) is 3.66. The first-order valence-electron chi connectivity index (χ1n) is 8.00. The van der Waals surface area contributed by atoms with E-state index in [2.05, 4.69) is 10.6 Å². The normalized spacial score (nSPS) is 15.2. The molecule has 1 aliphatic carbocycles. The Balaban J connectivity index is 1.98. The van der Waals surface area contributed by atoms with Crippen LogP contribution in [0.15, 0.2) is 53.5 Å². The molecule has 2 aliphatic rings. The van der Waals surface area contributed by atoms with Crippen molar-refractivity contribution in [1.29, 1.82) is 0 Å². The average molecular weight is 338 g/mol. The summed E-state index contributed by atoms with van der Waals surface area (Å²) in [4.78, 5) is 14.4. The maximum atomic E-state index is 12.5. The van der Waals surface area contributed by atoms with Gasteiger partial charge in [0, 0.05) is 43.8 Å². The highest BCUT2D eigenvalue weighted by atomic mass is 16.5. The third kappa shape index (κ3) is 3.38. The molecule has 0 unspecified atom stereocenters. The van der Waals surface area contributed by atoms with Crippen molar-refractivity contribution < 1.29 is 9.53 Å². The summed E-state index contributed by atoms with van der Waals surface area (Å²) < 4.78 is 5.43. The van der Waals surface area contributed by atoms with E-state index in [1.54, 1.807) is 25.6 Å². The molecule has 0 spiro atoms. The highest BCUT2D eigenvalue weighted by Crippen LogP contribution is 2.41. The van der Waals surface area contributed by atoms with E-state index in [0.29, 0.717) is 17.0 Å². The molecule has 1 aromatic carbocycles. The quantitative estimate of drug-likeness (QED) is 0.735. The van der Waals surface area contributed by atoms with Crippen molar-refractivity contribution in [1.82, 2.24) is 10.2 Å². The van der Waals surface area contributed by atoms with Gasteiger partial charge in [-0.15, -0.1) is 0 Å². The number of nitrogens with one attached hydrogen (secondary N) is 2. The Hall–Kier alpha value is -3.15. The minimum Gasteiger partial charge on any atom is -0.494 e. The van der Waals surface area contributed by atoms with E-state index in [1.807, 2.05) is 43.3 Å². The van der Waals surface area contributed by atoms with Gasteiger partial charge < -0.3 is 26.0 Å². The molecule has 130 valence electrons. The number of allylic oxidation sites excluding steroid dienone is 2. The van der Waals surface area contributed by atoms with Crippen LogP contribution in [-0.4, -0.2) is 32.0 Å². The largest absolute Gasteiger partial charge is 0.494 e. The number of carbonyl (C=O) groups excluding carboxylic acids is 1. The Morgan fingerprint density at radius 1 is 1.40 bits per heavy atom. The number of benzene rings is 1. The van der Waals surface area contributed by atoms with Gasteiger partial charge in [-0.1, -0.05) is 12.2 Å². The zero-order chi connectivity index (χ0) is 18.0. The second-order valence-electron chi connectivity index (χ2n) is 6.13. The number of amides is 1. The van der Waals surface area contributed by atoms with Crippen LogP contribution in [0.2, 0.25) is 0 Å². The van der Waals surface area contributed by atoms with E-state index in [9.17, 15) is 4.79 Å². The van der Waals surface area contributed by atoms with E-state index in [4.69, 9.17) is 10.5 Å². The highest BCUT2D eigenvalue weighted by Gasteiger charge is 2.25. The molecule has 0 saturated carbocycles. The lowest BCUT2D eigenvalue weighted by Crippen LogP contribution is -2.25. The Morgan fingerprint density at radius 2 is 2.20 bits per heavy atom. The van der Waals surface area contributed by atoms with Gasteiger partial charge in [0.15, 0.2) is 0 Å². The first-order valence-corrected chi connectivity index (χ1v) is 8.00. The number of hydrogen-bond acceptors (Lipinski definition) is 5. The highest BCUT2D eigenvalue weighted by molar-refractivity contribution is 6.01. The Kier molecular flexibility index (Phi) is 4.52. The smallest absolute Gasteiger partial charge is 0.257 e. The van der Waals surface area contributed by atoms with Gasteiger partial charge in [0.25, 0.3) is 5.91 Å². The third-order valence-electron chi connectivity index (χ3n) is 4.00. The summed E-state index contributed by atoms with van der Waals surface area (Å²) >= 11 is 0. The Bertz CT molecular complexity index is 832. The molecule has 0 saturated heterocycles. The number of rotatable bonds is 4. The first-order chi connectivity index (χ1) is 12.0. The lowest BCUT2D eigenvalue weighted by Gasteiger charge is -2.27. The number of ether oxygens (including phenoxy) is 1. The average Bonchev–Trinajstić information content (AvgIpc) is 2.58. The van der Waals surface area contributed by atoms with Crippen molar-refractivity contribution in [3.63, 3.8) is 0 Å². The van der Waals surface area contributed by atoms with E-state index < -0.39 is 0 Å². The van der Waals surface area contributed by atoms with Crippen LogP contribution in [0.1, 0.15) is 12.0 Å². The fourth-order valence-electron chi connectivity index (χ4n) is 2.85. The van der Waals surface area contributed by atoms with Crippen LogP contribution in [0.5, 0.6) is 5.75 Å². The minimum atomic E-state index is -0.166. The lowest BCUT2D eigenvalue weighted by molar-refractivity contribution is -0.116. The van der Waals surface area contributed by atoms with Crippen molar-refractivity contribution >= 4 is 23.4 Å². The predicted molar refractivity (Wildman–Crippen MR) is 101 cm³/mol. The van der Waals surface area contributed by atoms with Gasteiger partial charge in [-0.2, -0.15) is 0 Å². The molecule has 6 nitrogen and oxygen atoms in total. The van der Waals surface area contributed by atoms with E-state index in [0.717, 1.165) is 28.9 Å². The van der Waals surface area contributed by atoms with Gasteiger partial charge in [0.1, 0.15) is 5.75 Å². The summed E-state index contributed by atoms with van der Waals surface area (Å²) in [5, 5.41) is 6.15. The molecular weight excluding hydrogens is 316 g/mol. The minimum absolute atomic E-state index is 0.166. The Labute approximate surface area is 147 Å². The number of nitrogen functional groups attached to an aromatic ring is 1. The number of nitrogens with zero attached hydrogens (tertiary/aromatic N) is 1. The molecule has 1 aromatic rings. The maximum absolute atomic E-state index is 12.5. The molecule has 25 heavy (non-hydrogen) atoms. The number of fused-ring (bicyclic) bond motifs is 2. The van der Waals surface area contributed by atoms with Crippen LogP contribution < -0.4 is 21.1 Å². The number of anilines is 2. The number of carbonyl (C=O) groups is 1. The van der Waals surface area contributed by atoms with E-state index in [-0.39, 0.29) is 5.91 Å². The molecule has 0 aromatic heterocycles. The molecule has 1 heterocycles. The third-order valence-corrected chi connectivity index (χ3v) is 4.00. The topological polar surface area (TPSA) is 79.6 Å². The van der Waals surface area contributed by atoms with E-state index in [1.165, 1.54) is 0 Å². The monoisotopic (exact) mass is 338 g/mol. The molecule has 0 fully saturated rings. The van der Waals surface area contributed by atoms with Crippen molar-refractivity contribution in [3.8, 4) is 5.75 Å². The van der Waals surface area contributed by atoms with Crippen LogP contribution in [-0.2, 0) is 4.79 Å². The Morgan fingerprint density at radius 3 is 2.92 bits per heavy atom. The van der Waals surface area contributed by atoms with Crippen molar-refractivity contribution in [2.24, 2.45) is 0 Å². The van der Waals surface area contributed by atoms with Crippen LogP contribution in [0.4, 0.5) is 11.4 Å². The van der Waals surface area contributed by atoms with Crippen molar-refractivity contribution in [3.05, 3.63) is 59.1 Å². The molecule has 0 bridgehead atoms. The molecular formula is C19H22N4O2. The van der Waals surface area contributed by atoms with Gasteiger partial charge in [-0.3, -0.25) is 4.79 Å². The zero-order valence-corrected chi connectivity index (χ0v) is 14.6. The van der Waals surface area contributed by atoms with Crippen LogP contribution in [0, 0.1) is 0 Å². The standard InChI is InChI=1S/C19H22N4O2/c1-23(2)8-7-21-19(24)15-6-4-5-12-9-13-10-14(20)11-16(25-3)18(13)22-17(12)15/h4,6-11,22H,5,20H2,1-3H3,(H,21,24)/b8-7+. The molecule has 1 amide bonds. The predicted octanol–water partition coefficient (Wildman–Crippen LogP) is 2.45. The zero-order valence-electron chi connectivity index (χ0n) is 14.6. The summed E-state index contributed by atoms with van der Waals surface area (Å²) in [7, 11) is 5.39. The molecule has 3 rings (SSSR count). The molecule has 1 aliphatic heterocycles. The number of methoxy groups -OCH3 is 1. The molecule has 4 N–H and O–H groups in total. The summed E-state index contributed by atoms with van der Waals surface area (Å²) in [6.45, 7) is 0. The fourth-order valence-corrected chi connectivity index (χ4v) is 2.85. The van der Waals surface area contributed by atoms with Gasteiger partial charge >= 0.3 is 0 Å². The number of hydrogen-bond donors (Lipinski definition) is 3. The second kappa shape index (κ2) is 6.76. The maximum Gasteiger partial charge on any atom is 0.257 e. The summed E-state index contributed by atoms with van der Waals surface area (Å²) in [5.41, 5.74) is 10.8. The SMILES string of the molecule is COc1cc(N)cc2c1NC1=C(C(=O)N/C=C/N(C)C)C=CCC1=C2. The van der Waals surface area contributed by atoms with Gasteiger partial charge in [-0.05, 0) is 24.1 Å². The first kappa shape index (κ1) is 16.7. The molecule has 0 radical (unpaired) electrons. The number of nitrogens with two attached hydrogens (primary N) is 1. The molecule has 6 heteroatoms. The van der Waals surface area contributed by atoms with Gasteiger partial charge in [0.2, 0.25) is 0 Å². The van der Waals surface area contributed by atoms with Crippen LogP contribution >= 0.6 is 0 Å². The summed E-state index contributed by atoms with van der Waals surface area (Å²) in [6.07, 6.45) is 10.0. The lowest BCUT2D eigenvalue weighted by atomic mass is 9.91. The van der Waals surface area contributed by atoms with Crippen molar-refractivity contribution in [2.45, 2.75) is 6.42 Å². The fraction of sp³-hybridized carbons (Fsp3) is 0.211. The second-order valence-corrected chi connectivity index (χ2v) is 6.13. The van der Waals surface area contributed by atoms with Crippen molar-refractivity contribution in [2.75, 3.05) is 32.3 Å².